The fourth-order valence-corrected chi connectivity index (χ4v) is 1.26. The van der Waals surface area contributed by atoms with E-state index >= 15 is 0 Å². The number of benzene rings is 1. The van der Waals surface area contributed by atoms with Gasteiger partial charge in [-0.1, -0.05) is 24.8 Å². The van der Waals surface area contributed by atoms with Crippen LogP contribution in [0.25, 0.3) is 0 Å². The lowest BCUT2D eigenvalue weighted by atomic mass is 10.1. The number of hydrogen-bond donors (Lipinski definition) is 0. The molecular formula is C14H14O5. The Kier molecular flexibility index (Phi) is 5.47. The summed E-state index contributed by atoms with van der Waals surface area (Å²) in [5.74, 6) is -1.17. The number of esters is 2. The number of ether oxygens (including phenoxy) is 2. The Labute approximate surface area is 110 Å². The first-order valence-electron chi connectivity index (χ1n) is 5.60. The molecule has 0 aliphatic rings. The zero-order valence-corrected chi connectivity index (χ0v) is 10.5. The minimum Gasteiger partial charge on any atom is -0.459 e. The van der Waals surface area contributed by atoms with Crippen molar-refractivity contribution in [3.05, 3.63) is 47.5 Å². The van der Waals surface area contributed by atoms with Crippen LogP contribution in [-0.2, 0) is 14.3 Å². The summed E-state index contributed by atoms with van der Waals surface area (Å²) in [6.07, 6.45) is 0.581. The molecule has 1 aromatic rings. The van der Waals surface area contributed by atoms with E-state index in [0.29, 0.717) is 6.29 Å². The maximum atomic E-state index is 11.7. The van der Waals surface area contributed by atoms with Crippen LogP contribution in [0, 0.1) is 0 Å². The standard InChI is InChI=1S/C14H14O5/c1-10(2)13(16)18-7-8-19-14(17)12-6-4-3-5-11(12)9-15/h3-6,9H,1,7-8H2,2H3. The number of carbonyl (C=O) groups excluding carboxylic acids is 3. The lowest BCUT2D eigenvalue weighted by molar-refractivity contribution is -0.140. The second-order valence-electron chi connectivity index (χ2n) is 3.76. The van der Waals surface area contributed by atoms with Gasteiger partial charge in [-0.3, -0.25) is 4.79 Å². The smallest absolute Gasteiger partial charge is 0.338 e. The average molecular weight is 262 g/mol. The van der Waals surface area contributed by atoms with Gasteiger partial charge < -0.3 is 9.47 Å². The van der Waals surface area contributed by atoms with Crippen LogP contribution < -0.4 is 0 Å². The molecule has 0 saturated carbocycles. The van der Waals surface area contributed by atoms with Crippen molar-refractivity contribution < 1.29 is 23.9 Å². The summed E-state index contributed by atoms with van der Waals surface area (Å²) in [7, 11) is 0. The fourth-order valence-electron chi connectivity index (χ4n) is 1.26. The highest BCUT2D eigenvalue weighted by molar-refractivity contribution is 5.98. The van der Waals surface area contributed by atoms with Gasteiger partial charge in [0.15, 0.2) is 6.29 Å². The summed E-state index contributed by atoms with van der Waals surface area (Å²) in [4.78, 5) is 33.5. The first kappa shape index (κ1) is 14.6. The molecule has 0 spiro atoms. The van der Waals surface area contributed by atoms with Crippen molar-refractivity contribution in [2.24, 2.45) is 0 Å². The molecule has 0 N–H and O–H groups in total. The second kappa shape index (κ2) is 7.10. The van der Waals surface area contributed by atoms with Gasteiger partial charge in [-0.2, -0.15) is 0 Å². The van der Waals surface area contributed by atoms with Crippen LogP contribution >= 0.6 is 0 Å². The van der Waals surface area contributed by atoms with Crippen LogP contribution in [-0.4, -0.2) is 31.4 Å². The van der Waals surface area contributed by atoms with Crippen molar-refractivity contribution >= 4 is 18.2 Å². The Bertz CT molecular complexity index is 504. The molecule has 0 aliphatic carbocycles. The Morgan fingerprint density at radius 1 is 1.21 bits per heavy atom. The monoisotopic (exact) mass is 262 g/mol. The third-order valence-electron chi connectivity index (χ3n) is 2.21. The van der Waals surface area contributed by atoms with Crippen molar-refractivity contribution in [3.8, 4) is 0 Å². The lowest BCUT2D eigenvalue weighted by Crippen LogP contribution is -2.15. The first-order valence-corrected chi connectivity index (χ1v) is 5.60. The van der Waals surface area contributed by atoms with E-state index in [4.69, 9.17) is 9.47 Å². The highest BCUT2D eigenvalue weighted by Gasteiger charge is 2.12. The van der Waals surface area contributed by atoms with Gasteiger partial charge in [-0.15, -0.1) is 0 Å². The van der Waals surface area contributed by atoms with Crippen LogP contribution in [0.2, 0.25) is 0 Å². The van der Waals surface area contributed by atoms with Crippen molar-refractivity contribution in [2.45, 2.75) is 6.92 Å². The average Bonchev–Trinajstić information content (AvgIpc) is 2.42. The molecule has 0 bridgehead atoms. The number of rotatable bonds is 6. The van der Waals surface area contributed by atoms with E-state index in [0.717, 1.165) is 0 Å². The first-order chi connectivity index (χ1) is 9.06. The fraction of sp³-hybridized carbons (Fsp3) is 0.214. The van der Waals surface area contributed by atoms with Crippen LogP contribution in [0.3, 0.4) is 0 Å². The molecule has 0 saturated heterocycles. The predicted octanol–water partition coefficient (Wildman–Crippen LogP) is 1.78. The molecule has 1 rings (SSSR count). The van der Waals surface area contributed by atoms with Crippen LogP contribution in [0.5, 0.6) is 0 Å². The molecule has 0 radical (unpaired) electrons. The van der Waals surface area contributed by atoms with Crippen LogP contribution in [0.4, 0.5) is 0 Å². The molecule has 0 amide bonds. The van der Waals surface area contributed by atoms with E-state index in [1.165, 1.54) is 19.1 Å². The molecule has 5 nitrogen and oxygen atoms in total. The molecule has 1 aromatic carbocycles. The van der Waals surface area contributed by atoms with Gasteiger partial charge in [-0.05, 0) is 13.0 Å². The molecular weight excluding hydrogens is 248 g/mol. The van der Waals surface area contributed by atoms with Crippen LogP contribution in [0.1, 0.15) is 27.6 Å². The third kappa shape index (κ3) is 4.39. The van der Waals surface area contributed by atoms with Crippen molar-refractivity contribution in [1.82, 2.24) is 0 Å². The Balaban J connectivity index is 2.46. The van der Waals surface area contributed by atoms with Crippen LogP contribution in [0.15, 0.2) is 36.4 Å². The topological polar surface area (TPSA) is 69.7 Å². The van der Waals surface area contributed by atoms with E-state index in [2.05, 4.69) is 6.58 Å². The van der Waals surface area contributed by atoms with Gasteiger partial charge in [-0.25, -0.2) is 9.59 Å². The lowest BCUT2D eigenvalue weighted by Gasteiger charge is -2.07. The minimum absolute atomic E-state index is 0.0549. The molecule has 0 aliphatic heterocycles. The predicted molar refractivity (Wildman–Crippen MR) is 67.9 cm³/mol. The van der Waals surface area contributed by atoms with E-state index in [1.807, 2.05) is 0 Å². The highest BCUT2D eigenvalue weighted by atomic mass is 16.6. The van der Waals surface area contributed by atoms with E-state index in [-0.39, 0.29) is 29.9 Å². The Hall–Kier alpha value is -2.43. The zero-order valence-electron chi connectivity index (χ0n) is 10.5. The SMILES string of the molecule is C=C(C)C(=O)OCCOC(=O)c1ccccc1C=O. The maximum absolute atomic E-state index is 11.7. The van der Waals surface area contributed by atoms with Gasteiger partial charge in [0, 0.05) is 11.1 Å². The summed E-state index contributed by atoms with van der Waals surface area (Å²) in [6, 6.07) is 6.29. The number of carbonyl (C=O) groups is 3. The molecule has 5 heteroatoms. The third-order valence-corrected chi connectivity index (χ3v) is 2.21. The Morgan fingerprint density at radius 3 is 2.47 bits per heavy atom. The normalized spacial score (nSPS) is 9.53. The Morgan fingerprint density at radius 2 is 1.84 bits per heavy atom. The summed E-state index contributed by atoms with van der Waals surface area (Å²) < 4.78 is 9.66. The quantitative estimate of drug-likeness (QED) is 0.338. The number of hydrogen-bond acceptors (Lipinski definition) is 5. The summed E-state index contributed by atoms with van der Waals surface area (Å²) in [6.45, 7) is 4.81. The molecule has 0 fully saturated rings. The number of aldehydes is 1. The van der Waals surface area contributed by atoms with Gasteiger partial charge in [0.2, 0.25) is 0 Å². The molecule has 0 atom stereocenters. The van der Waals surface area contributed by atoms with E-state index in [9.17, 15) is 14.4 Å². The van der Waals surface area contributed by atoms with Crippen molar-refractivity contribution in [2.75, 3.05) is 13.2 Å². The molecule has 19 heavy (non-hydrogen) atoms. The summed E-state index contributed by atoms with van der Waals surface area (Å²) in [5.41, 5.74) is 0.716. The van der Waals surface area contributed by atoms with Gasteiger partial charge in [0.25, 0.3) is 0 Å². The second-order valence-corrected chi connectivity index (χ2v) is 3.76. The van der Waals surface area contributed by atoms with Gasteiger partial charge in [0.05, 0.1) is 5.56 Å². The summed E-state index contributed by atoms with van der Waals surface area (Å²) >= 11 is 0. The van der Waals surface area contributed by atoms with E-state index in [1.54, 1.807) is 12.1 Å². The molecule has 0 heterocycles. The maximum Gasteiger partial charge on any atom is 0.338 e. The highest BCUT2D eigenvalue weighted by Crippen LogP contribution is 2.07. The molecule has 0 aromatic heterocycles. The van der Waals surface area contributed by atoms with E-state index < -0.39 is 11.9 Å². The van der Waals surface area contributed by atoms with Crippen molar-refractivity contribution in [3.63, 3.8) is 0 Å². The molecule has 100 valence electrons. The van der Waals surface area contributed by atoms with Gasteiger partial charge >= 0.3 is 11.9 Å². The minimum atomic E-state index is -0.630. The molecule has 0 unspecified atom stereocenters. The summed E-state index contributed by atoms with van der Waals surface area (Å²) in [5, 5.41) is 0. The largest absolute Gasteiger partial charge is 0.459 e. The zero-order chi connectivity index (χ0) is 14.3. The van der Waals surface area contributed by atoms with Gasteiger partial charge in [0.1, 0.15) is 13.2 Å². The van der Waals surface area contributed by atoms with Crippen molar-refractivity contribution in [1.29, 1.82) is 0 Å².